The Hall–Kier alpha value is -2.20. The lowest BCUT2D eigenvalue weighted by Gasteiger charge is -2.58. The van der Waals surface area contributed by atoms with Crippen molar-refractivity contribution in [2.24, 2.45) is 26.7 Å². The molecule has 5 heterocycles. The minimum Gasteiger partial charge on any atom is -0.355 e. The van der Waals surface area contributed by atoms with Gasteiger partial charge >= 0.3 is 0 Å². The number of rotatable bonds is 8. The Morgan fingerprint density at radius 2 is 1.50 bits per heavy atom. The van der Waals surface area contributed by atoms with Crippen molar-refractivity contribution in [2.45, 2.75) is 130 Å². The van der Waals surface area contributed by atoms with Gasteiger partial charge in [-0.15, -0.1) is 0 Å². The smallest absolute Gasteiger partial charge is 0.0658 e. The van der Waals surface area contributed by atoms with Gasteiger partial charge in [-0.25, -0.2) is 4.99 Å². The normalized spacial score (nSPS) is 35.4. The third kappa shape index (κ3) is 3.66. The molecule has 4 unspecified atom stereocenters. The number of aromatic amines is 1. The van der Waals surface area contributed by atoms with Crippen molar-refractivity contribution >= 4 is 23.6 Å². The molecule has 4 atom stereocenters. The maximum Gasteiger partial charge on any atom is 0.0658 e. The summed E-state index contributed by atoms with van der Waals surface area (Å²) in [6, 6.07) is 4.71. The molecule has 1 fully saturated rings. The summed E-state index contributed by atoms with van der Waals surface area (Å²) in [6.07, 6.45) is 22.0. The molecule has 8 bridgehead atoms. The molecule has 40 heavy (non-hydrogen) atoms. The molecule has 0 spiro atoms. The molecular weight excluding hydrogens is 488 g/mol. The van der Waals surface area contributed by atoms with Gasteiger partial charge in [-0.2, -0.15) is 0 Å². The second-order valence-corrected chi connectivity index (χ2v) is 12.7. The first kappa shape index (κ1) is 29.3. The van der Waals surface area contributed by atoms with E-state index in [1.165, 1.54) is 31.4 Å². The van der Waals surface area contributed by atoms with Gasteiger partial charge in [0.05, 0.1) is 17.5 Å². The maximum absolute atomic E-state index is 5.56. The van der Waals surface area contributed by atoms with Crippen molar-refractivity contribution < 1.29 is 0 Å². The molecule has 1 aromatic rings. The van der Waals surface area contributed by atoms with E-state index in [1.807, 2.05) is 0 Å². The number of hydrogen-bond donors (Lipinski definition) is 1. The van der Waals surface area contributed by atoms with E-state index in [-0.39, 0.29) is 21.9 Å². The summed E-state index contributed by atoms with van der Waals surface area (Å²) < 4.78 is 0. The van der Waals surface area contributed by atoms with Crippen LogP contribution in [0.25, 0.3) is 12.2 Å². The second kappa shape index (κ2) is 10.9. The lowest BCUT2D eigenvalue weighted by atomic mass is 9.45. The largest absolute Gasteiger partial charge is 0.355 e. The summed E-state index contributed by atoms with van der Waals surface area (Å²) in [5, 5.41) is 2.24. The maximum atomic E-state index is 5.56. The molecule has 0 aliphatic carbocycles. The Bertz CT molecular complexity index is 1330. The number of nitrogens with one attached hydrogen (secondary N) is 1. The van der Waals surface area contributed by atoms with E-state index < -0.39 is 0 Å². The summed E-state index contributed by atoms with van der Waals surface area (Å²) in [4.78, 5) is 17.4. The van der Waals surface area contributed by atoms with Crippen LogP contribution in [-0.4, -0.2) is 45.0 Å². The van der Waals surface area contributed by atoms with E-state index in [1.54, 1.807) is 0 Å². The van der Waals surface area contributed by atoms with Crippen molar-refractivity contribution in [3.05, 3.63) is 46.8 Å². The lowest BCUT2D eigenvalue weighted by molar-refractivity contribution is -0.0734. The minimum atomic E-state index is -0.0761. The lowest BCUT2D eigenvalue weighted by Crippen LogP contribution is -2.63. The average molecular weight is 543 g/mol. The Kier molecular flexibility index (Phi) is 7.98. The number of fused-ring (bicyclic) bond motifs is 6. The number of H-pyrrole nitrogens is 1. The number of likely N-dealkylation sites (N-methyl/N-ethyl adjacent to an activating group) is 1. The standard InChI is InChI=1S/C36H54N4/c1-9-31-32-22-21-29(39-32)24-27-18-17-26(37-27)23-28-19-20-30(38-28)25-35(14-6)33(10-2,11-3)34(12-4,13-5)36(31,15-7)40(35)16-8/h17-20,23-25,31-32,37H,9-16,21-22H2,1-8H3/b26-23-,27-24-,30-25-. The van der Waals surface area contributed by atoms with Gasteiger partial charge in [0.1, 0.15) is 0 Å². The summed E-state index contributed by atoms with van der Waals surface area (Å²) in [5.41, 5.74) is 3.71. The molecule has 4 aliphatic rings. The van der Waals surface area contributed by atoms with E-state index in [0.29, 0.717) is 12.0 Å². The zero-order chi connectivity index (χ0) is 28.8. The van der Waals surface area contributed by atoms with Gasteiger partial charge in [-0.1, -0.05) is 55.4 Å². The van der Waals surface area contributed by atoms with Gasteiger partial charge in [0.15, 0.2) is 0 Å². The Morgan fingerprint density at radius 1 is 0.825 bits per heavy atom. The number of hydrogen-bond acceptors (Lipinski definition) is 3. The van der Waals surface area contributed by atoms with Crippen LogP contribution in [0, 0.1) is 16.7 Å². The predicted octanol–water partition coefficient (Wildman–Crippen LogP) is 7.36. The van der Waals surface area contributed by atoms with Crippen molar-refractivity contribution in [3.63, 3.8) is 0 Å². The van der Waals surface area contributed by atoms with Crippen LogP contribution >= 0.6 is 0 Å². The molecule has 4 aliphatic heterocycles. The van der Waals surface area contributed by atoms with Gasteiger partial charge in [0.25, 0.3) is 0 Å². The third-order valence-corrected chi connectivity index (χ3v) is 12.3. The number of allylic oxidation sites excluding steroid dienone is 2. The first-order valence-corrected chi connectivity index (χ1v) is 16.6. The third-order valence-electron chi connectivity index (χ3n) is 12.3. The minimum absolute atomic E-state index is 0.0559. The molecule has 0 saturated carbocycles. The molecule has 218 valence electrons. The van der Waals surface area contributed by atoms with Crippen molar-refractivity contribution in [1.29, 1.82) is 0 Å². The molecule has 0 amide bonds. The van der Waals surface area contributed by atoms with Gasteiger partial charge in [-0.05, 0) is 124 Å². The Balaban J connectivity index is 1.92. The Morgan fingerprint density at radius 3 is 2.08 bits per heavy atom. The molecule has 1 N–H and O–H groups in total. The van der Waals surface area contributed by atoms with Crippen LogP contribution in [0.2, 0.25) is 0 Å². The SMILES string of the molecule is CCC1C2CCC(=N2)/C=c2/cc/c([nH]2)=C/C2=NC(=C\C3(CC)N(CC)C1(CC)C(CC)(CC)C3(CC)CC)/C=C2. The zero-order valence-electron chi connectivity index (χ0n) is 26.6. The highest BCUT2D eigenvalue weighted by molar-refractivity contribution is 6.19. The molecule has 0 radical (unpaired) electrons. The summed E-state index contributed by atoms with van der Waals surface area (Å²) >= 11 is 0. The number of aliphatic imine (C=N–C) groups is 2. The van der Waals surface area contributed by atoms with Crippen LogP contribution in [0.15, 0.2) is 46.0 Å². The van der Waals surface area contributed by atoms with E-state index in [2.05, 4.69) is 108 Å². The fourth-order valence-electron chi connectivity index (χ4n) is 11.2. The molecule has 1 saturated heterocycles. The predicted molar refractivity (Wildman–Crippen MR) is 172 cm³/mol. The second-order valence-electron chi connectivity index (χ2n) is 12.7. The highest BCUT2D eigenvalue weighted by Crippen LogP contribution is 2.74. The van der Waals surface area contributed by atoms with Crippen molar-refractivity contribution in [3.8, 4) is 0 Å². The fourth-order valence-corrected chi connectivity index (χ4v) is 11.2. The highest BCUT2D eigenvalue weighted by atomic mass is 15.3. The van der Waals surface area contributed by atoms with E-state index in [4.69, 9.17) is 9.98 Å². The molecule has 4 heteroatoms. The summed E-state index contributed by atoms with van der Waals surface area (Å²) in [6.45, 7) is 20.9. The number of aromatic nitrogens is 1. The molecular formula is C36H54N4. The Labute approximate surface area is 243 Å². The van der Waals surface area contributed by atoms with Gasteiger partial charge in [0, 0.05) is 27.5 Å². The van der Waals surface area contributed by atoms with Crippen LogP contribution < -0.4 is 10.7 Å². The topological polar surface area (TPSA) is 43.8 Å². The highest BCUT2D eigenvalue weighted by Gasteiger charge is 2.77. The van der Waals surface area contributed by atoms with Crippen LogP contribution in [0.5, 0.6) is 0 Å². The van der Waals surface area contributed by atoms with Crippen LogP contribution in [0.1, 0.15) is 113 Å². The molecule has 1 aromatic heterocycles. The molecule has 0 aromatic carbocycles. The van der Waals surface area contributed by atoms with Crippen molar-refractivity contribution in [1.82, 2.24) is 9.88 Å². The quantitative estimate of drug-likeness (QED) is 0.366. The van der Waals surface area contributed by atoms with Crippen molar-refractivity contribution in [2.75, 3.05) is 6.54 Å². The van der Waals surface area contributed by atoms with Crippen LogP contribution in [-0.2, 0) is 0 Å². The summed E-state index contributed by atoms with van der Waals surface area (Å²) in [7, 11) is 0. The zero-order valence-corrected chi connectivity index (χ0v) is 26.6. The van der Waals surface area contributed by atoms with E-state index >= 15 is 0 Å². The number of nitrogens with zero attached hydrogens (tertiary/aromatic N) is 3. The van der Waals surface area contributed by atoms with Gasteiger partial charge in [-0.3, -0.25) is 9.89 Å². The van der Waals surface area contributed by atoms with Crippen LogP contribution in [0.3, 0.4) is 0 Å². The van der Waals surface area contributed by atoms with Crippen LogP contribution in [0.4, 0.5) is 0 Å². The molecule has 4 nitrogen and oxygen atoms in total. The van der Waals surface area contributed by atoms with Gasteiger partial charge in [0.2, 0.25) is 0 Å². The van der Waals surface area contributed by atoms with E-state index in [0.717, 1.165) is 60.8 Å². The summed E-state index contributed by atoms with van der Waals surface area (Å²) in [5.74, 6) is 0.506. The fraction of sp³-hybridized carbons (Fsp3) is 0.667. The molecule has 5 rings (SSSR count). The average Bonchev–Trinajstić information content (AvgIpc) is 3.75. The van der Waals surface area contributed by atoms with E-state index in [9.17, 15) is 0 Å². The first-order valence-electron chi connectivity index (χ1n) is 16.6. The first-order chi connectivity index (χ1) is 19.3. The van der Waals surface area contributed by atoms with Gasteiger partial charge < -0.3 is 4.98 Å². The monoisotopic (exact) mass is 542 g/mol.